The zero-order valence-corrected chi connectivity index (χ0v) is 9.07. The van der Waals surface area contributed by atoms with Crippen LogP contribution in [0.5, 0.6) is 5.75 Å². The minimum absolute atomic E-state index is 0.245. The van der Waals surface area contributed by atoms with Gasteiger partial charge in [0.2, 0.25) is 0 Å². The van der Waals surface area contributed by atoms with Gasteiger partial charge in [0.05, 0.1) is 13.4 Å². The van der Waals surface area contributed by atoms with Crippen LogP contribution < -0.4 is 4.74 Å². The third-order valence-electron chi connectivity index (χ3n) is 2.20. The number of furan rings is 1. The molecule has 0 aliphatic heterocycles. The van der Waals surface area contributed by atoms with Gasteiger partial charge in [-0.15, -0.1) is 11.6 Å². The Labute approximate surface area is 93.4 Å². The molecule has 2 aromatic rings. The highest BCUT2D eigenvalue weighted by Gasteiger charge is 2.12. The summed E-state index contributed by atoms with van der Waals surface area (Å²) < 4.78 is 10.3. The van der Waals surface area contributed by atoms with Gasteiger partial charge in [-0.3, -0.25) is 0 Å². The van der Waals surface area contributed by atoms with E-state index in [2.05, 4.69) is 0 Å². The monoisotopic (exact) mass is 222 g/mol. The zero-order valence-electron chi connectivity index (χ0n) is 8.31. The average molecular weight is 223 g/mol. The number of hydrogen-bond acceptors (Lipinski definition) is 2. The van der Waals surface area contributed by atoms with Crippen LogP contribution in [0.25, 0.3) is 0 Å². The van der Waals surface area contributed by atoms with Crippen molar-refractivity contribution in [1.82, 2.24) is 0 Å². The Bertz CT molecular complexity index is 406. The summed E-state index contributed by atoms with van der Waals surface area (Å²) in [6, 6.07) is 11.3. The largest absolute Gasteiger partial charge is 0.497 e. The van der Waals surface area contributed by atoms with E-state index in [9.17, 15) is 0 Å². The van der Waals surface area contributed by atoms with Gasteiger partial charge in [-0.2, -0.15) is 0 Å². The normalized spacial score (nSPS) is 12.4. The molecular formula is C12H11ClO2. The number of alkyl halides is 1. The predicted molar refractivity (Wildman–Crippen MR) is 59.4 cm³/mol. The van der Waals surface area contributed by atoms with Crippen LogP contribution in [0.2, 0.25) is 0 Å². The molecule has 3 heteroatoms. The van der Waals surface area contributed by atoms with E-state index in [1.807, 2.05) is 36.4 Å². The average Bonchev–Trinajstić information content (AvgIpc) is 2.82. The standard InChI is InChI=1S/C12H11ClO2/c1-14-10-6-4-9(5-7-10)12(13)11-3-2-8-15-11/h2-8,12H,1H3. The van der Waals surface area contributed by atoms with Crippen molar-refractivity contribution in [2.24, 2.45) is 0 Å². The van der Waals surface area contributed by atoms with E-state index in [4.69, 9.17) is 20.8 Å². The number of methoxy groups -OCH3 is 1. The number of halogens is 1. The van der Waals surface area contributed by atoms with Crippen molar-refractivity contribution in [2.45, 2.75) is 5.38 Å². The molecule has 0 fully saturated rings. The second-order valence-electron chi connectivity index (χ2n) is 3.15. The molecule has 2 nitrogen and oxygen atoms in total. The number of rotatable bonds is 3. The van der Waals surface area contributed by atoms with Crippen LogP contribution in [0.15, 0.2) is 47.1 Å². The fraction of sp³-hybridized carbons (Fsp3) is 0.167. The van der Waals surface area contributed by atoms with Crippen molar-refractivity contribution in [3.8, 4) is 5.75 Å². The summed E-state index contributed by atoms with van der Waals surface area (Å²) in [4.78, 5) is 0. The number of benzene rings is 1. The number of hydrogen-bond donors (Lipinski definition) is 0. The maximum absolute atomic E-state index is 6.23. The Morgan fingerprint density at radius 3 is 2.47 bits per heavy atom. The quantitative estimate of drug-likeness (QED) is 0.741. The fourth-order valence-electron chi connectivity index (χ4n) is 1.37. The van der Waals surface area contributed by atoms with Crippen LogP contribution in [-0.2, 0) is 0 Å². The van der Waals surface area contributed by atoms with Gasteiger partial charge in [0.15, 0.2) is 0 Å². The molecule has 0 radical (unpaired) electrons. The second kappa shape index (κ2) is 4.41. The highest BCUT2D eigenvalue weighted by Crippen LogP contribution is 2.29. The molecule has 1 aromatic heterocycles. The van der Waals surface area contributed by atoms with Crippen LogP contribution in [0.3, 0.4) is 0 Å². The van der Waals surface area contributed by atoms with Gasteiger partial charge >= 0.3 is 0 Å². The smallest absolute Gasteiger partial charge is 0.126 e. The molecule has 0 N–H and O–H groups in total. The maximum Gasteiger partial charge on any atom is 0.126 e. The Balaban J connectivity index is 2.22. The van der Waals surface area contributed by atoms with Crippen LogP contribution in [0.4, 0.5) is 0 Å². The van der Waals surface area contributed by atoms with Gasteiger partial charge in [0.1, 0.15) is 16.9 Å². The lowest BCUT2D eigenvalue weighted by molar-refractivity contribution is 0.414. The lowest BCUT2D eigenvalue weighted by atomic mass is 10.1. The highest BCUT2D eigenvalue weighted by atomic mass is 35.5. The van der Waals surface area contributed by atoms with E-state index >= 15 is 0 Å². The van der Waals surface area contributed by atoms with Crippen LogP contribution in [-0.4, -0.2) is 7.11 Å². The minimum atomic E-state index is -0.245. The molecule has 0 aliphatic rings. The SMILES string of the molecule is COc1ccc(C(Cl)c2ccco2)cc1. The molecule has 1 heterocycles. The van der Waals surface area contributed by atoms with E-state index in [1.165, 1.54) is 0 Å². The molecule has 0 bridgehead atoms. The third-order valence-corrected chi connectivity index (χ3v) is 2.67. The topological polar surface area (TPSA) is 22.4 Å². The number of ether oxygens (including phenoxy) is 1. The van der Waals surface area contributed by atoms with Crippen molar-refractivity contribution in [3.63, 3.8) is 0 Å². The minimum Gasteiger partial charge on any atom is -0.497 e. The summed E-state index contributed by atoms with van der Waals surface area (Å²) in [5.74, 6) is 1.57. The van der Waals surface area contributed by atoms with E-state index in [0.717, 1.165) is 17.1 Å². The predicted octanol–water partition coefficient (Wildman–Crippen LogP) is 3.62. The van der Waals surface area contributed by atoms with Gasteiger partial charge in [-0.25, -0.2) is 0 Å². The van der Waals surface area contributed by atoms with E-state index in [-0.39, 0.29) is 5.38 Å². The molecule has 15 heavy (non-hydrogen) atoms. The Kier molecular flexibility index (Phi) is 2.97. The van der Waals surface area contributed by atoms with Crippen molar-refractivity contribution >= 4 is 11.6 Å². The first kappa shape index (κ1) is 10.1. The summed E-state index contributed by atoms with van der Waals surface area (Å²) in [5.41, 5.74) is 0.993. The zero-order chi connectivity index (χ0) is 10.7. The van der Waals surface area contributed by atoms with Crippen molar-refractivity contribution in [2.75, 3.05) is 7.11 Å². The van der Waals surface area contributed by atoms with E-state index in [0.29, 0.717) is 0 Å². The van der Waals surface area contributed by atoms with Gasteiger partial charge in [-0.05, 0) is 29.8 Å². The highest BCUT2D eigenvalue weighted by molar-refractivity contribution is 6.22. The lowest BCUT2D eigenvalue weighted by Crippen LogP contribution is -1.91. The molecular weight excluding hydrogens is 212 g/mol. The van der Waals surface area contributed by atoms with Crippen LogP contribution in [0, 0.1) is 0 Å². The molecule has 0 aliphatic carbocycles. The third kappa shape index (κ3) is 2.16. The first-order chi connectivity index (χ1) is 7.31. The first-order valence-corrected chi connectivity index (χ1v) is 5.06. The molecule has 0 amide bonds. The lowest BCUT2D eigenvalue weighted by Gasteiger charge is -2.07. The Morgan fingerprint density at radius 2 is 1.93 bits per heavy atom. The van der Waals surface area contributed by atoms with Gasteiger partial charge in [0.25, 0.3) is 0 Å². The Morgan fingerprint density at radius 1 is 1.20 bits per heavy atom. The van der Waals surface area contributed by atoms with Gasteiger partial charge in [0, 0.05) is 0 Å². The van der Waals surface area contributed by atoms with Crippen molar-refractivity contribution < 1.29 is 9.15 Å². The summed E-state index contributed by atoms with van der Waals surface area (Å²) in [6.45, 7) is 0. The summed E-state index contributed by atoms with van der Waals surface area (Å²) in [5, 5.41) is -0.245. The molecule has 0 saturated heterocycles. The van der Waals surface area contributed by atoms with E-state index < -0.39 is 0 Å². The summed E-state index contributed by atoms with van der Waals surface area (Å²) in [7, 11) is 1.64. The molecule has 0 spiro atoms. The summed E-state index contributed by atoms with van der Waals surface area (Å²) in [6.07, 6.45) is 1.62. The van der Waals surface area contributed by atoms with Gasteiger partial charge in [-0.1, -0.05) is 12.1 Å². The molecule has 1 atom stereocenters. The molecule has 2 rings (SSSR count). The van der Waals surface area contributed by atoms with Crippen LogP contribution >= 0.6 is 11.6 Å². The first-order valence-electron chi connectivity index (χ1n) is 4.62. The van der Waals surface area contributed by atoms with Crippen LogP contribution in [0.1, 0.15) is 16.7 Å². The summed E-state index contributed by atoms with van der Waals surface area (Å²) >= 11 is 6.23. The fourth-order valence-corrected chi connectivity index (χ4v) is 1.64. The maximum atomic E-state index is 6.23. The van der Waals surface area contributed by atoms with Crippen molar-refractivity contribution in [3.05, 3.63) is 54.0 Å². The molecule has 1 aromatic carbocycles. The molecule has 1 unspecified atom stereocenters. The van der Waals surface area contributed by atoms with Gasteiger partial charge < -0.3 is 9.15 Å². The second-order valence-corrected chi connectivity index (χ2v) is 3.59. The van der Waals surface area contributed by atoms with E-state index in [1.54, 1.807) is 13.4 Å². The Hall–Kier alpha value is -1.41. The van der Waals surface area contributed by atoms with Crippen molar-refractivity contribution in [1.29, 1.82) is 0 Å². The molecule has 0 saturated carbocycles. The molecule has 78 valence electrons.